The molecule has 0 atom stereocenters. The van der Waals surface area contributed by atoms with E-state index in [1.54, 1.807) is 24.3 Å². The summed E-state index contributed by atoms with van der Waals surface area (Å²) in [7, 11) is 0. The van der Waals surface area contributed by atoms with Crippen LogP contribution in [0.2, 0.25) is 0 Å². The van der Waals surface area contributed by atoms with E-state index in [1.165, 1.54) is 148 Å². The van der Waals surface area contributed by atoms with Crippen molar-refractivity contribution in [1.82, 2.24) is 5.32 Å². The lowest BCUT2D eigenvalue weighted by Crippen LogP contribution is -2.24. The number of ether oxygens (including phenoxy) is 1. The fraction of sp³-hybridized carbons (Fsp3) is 0.789. The van der Waals surface area contributed by atoms with Crippen molar-refractivity contribution in [3.63, 3.8) is 0 Å². The molecule has 1 N–H and O–H groups in total. The highest BCUT2D eigenvalue weighted by Gasteiger charge is 2.10. The van der Waals surface area contributed by atoms with Gasteiger partial charge in [-0.05, 0) is 37.1 Å². The topological polar surface area (TPSA) is 55.4 Å². The van der Waals surface area contributed by atoms with Gasteiger partial charge in [0.05, 0.1) is 12.2 Å². The van der Waals surface area contributed by atoms with Crippen LogP contribution in [0.5, 0.6) is 0 Å². The summed E-state index contributed by atoms with van der Waals surface area (Å²) in [6.07, 6.45) is 34.2. The van der Waals surface area contributed by atoms with Crippen molar-refractivity contribution in [2.75, 3.05) is 13.2 Å². The number of carbonyl (C=O) groups excluding carboxylic acids is 2. The summed E-state index contributed by atoms with van der Waals surface area (Å²) in [6.45, 7) is 5.71. The molecule has 242 valence electrons. The summed E-state index contributed by atoms with van der Waals surface area (Å²) in [5.41, 5.74) is 1.11. The molecule has 0 heterocycles. The molecule has 0 aromatic heterocycles. The first-order valence-electron chi connectivity index (χ1n) is 18.2. The van der Waals surface area contributed by atoms with Crippen molar-refractivity contribution >= 4 is 11.9 Å². The maximum absolute atomic E-state index is 12.4. The van der Waals surface area contributed by atoms with Crippen molar-refractivity contribution in [2.45, 2.75) is 181 Å². The van der Waals surface area contributed by atoms with E-state index in [2.05, 4.69) is 19.2 Å². The molecule has 0 fully saturated rings. The van der Waals surface area contributed by atoms with E-state index in [9.17, 15) is 9.59 Å². The molecule has 1 rings (SSSR count). The molecular weight excluding hydrogens is 518 g/mol. The van der Waals surface area contributed by atoms with Crippen molar-refractivity contribution in [3.05, 3.63) is 35.4 Å². The van der Waals surface area contributed by atoms with E-state index >= 15 is 0 Å². The molecule has 0 spiro atoms. The Hall–Kier alpha value is -1.84. The van der Waals surface area contributed by atoms with E-state index in [0.29, 0.717) is 24.3 Å². The number of hydrogen-bond donors (Lipinski definition) is 1. The summed E-state index contributed by atoms with van der Waals surface area (Å²) in [5, 5.41) is 3.02. The lowest BCUT2D eigenvalue weighted by molar-refractivity contribution is 0.0497. The molecule has 0 saturated heterocycles. The number of carbonyl (C=O) groups is 2. The highest BCUT2D eigenvalue weighted by Crippen LogP contribution is 2.14. The minimum absolute atomic E-state index is 0.0683. The van der Waals surface area contributed by atoms with Gasteiger partial charge in [-0.2, -0.15) is 0 Å². The SMILES string of the molecule is CCCCCCCCCCCCCCCCCCNC(=O)c1ccc(C(=O)OCCCCCCCCCCCC)cc1. The molecule has 1 aromatic carbocycles. The Morgan fingerprint density at radius 2 is 0.810 bits per heavy atom. The van der Waals surface area contributed by atoms with Crippen molar-refractivity contribution in [1.29, 1.82) is 0 Å². The van der Waals surface area contributed by atoms with Crippen LogP contribution in [0.15, 0.2) is 24.3 Å². The molecule has 0 aliphatic heterocycles. The van der Waals surface area contributed by atoms with Crippen LogP contribution in [0.1, 0.15) is 202 Å². The molecule has 0 unspecified atom stereocenters. The van der Waals surface area contributed by atoms with Crippen LogP contribution in [0, 0.1) is 0 Å². The van der Waals surface area contributed by atoms with Crippen LogP contribution >= 0.6 is 0 Å². The summed E-state index contributed by atoms with van der Waals surface area (Å²) < 4.78 is 5.43. The van der Waals surface area contributed by atoms with Crippen molar-refractivity contribution in [3.8, 4) is 0 Å². The number of amides is 1. The first kappa shape index (κ1) is 38.2. The molecule has 0 aliphatic rings. The maximum Gasteiger partial charge on any atom is 0.338 e. The molecule has 0 radical (unpaired) electrons. The molecule has 0 bridgehead atoms. The van der Waals surface area contributed by atoms with Crippen molar-refractivity contribution < 1.29 is 14.3 Å². The van der Waals surface area contributed by atoms with Gasteiger partial charge in [-0.15, -0.1) is 0 Å². The molecule has 4 nitrogen and oxygen atoms in total. The van der Waals surface area contributed by atoms with E-state index in [-0.39, 0.29) is 11.9 Å². The van der Waals surface area contributed by atoms with Crippen LogP contribution in [-0.2, 0) is 4.74 Å². The molecule has 0 saturated carbocycles. The minimum Gasteiger partial charge on any atom is -0.462 e. The van der Waals surface area contributed by atoms with Gasteiger partial charge in [0.25, 0.3) is 5.91 Å². The predicted molar refractivity (Wildman–Crippen MR) is 180 cm³/mol. The number of benzene rings is 1. The van der Waals surface area contributed by atoms with Gasteiger partial charge in [-0.25, -0.2) is 4.79 Å². The lowest BCUT2D eigenvalue weighted by atomic mass is 10.0. The number of unbranched alkanes of at least 4 members (excludes halogenated alkanes) is 24. The second-order valence-corrected chi connectivity index (χ2v) is 12.5. The van der Waals surface area contributed by atoms with E-state index < -0.39 is 0 Å². The molecule has 1 amide bonds. The van der Waals surface area contributed by atoms with E-state index in [4.69, 9.17) is 4.74 Å². The second-order valence-electron chi connectivity index (χ2n) is 12.5. The van der Waals surface area contributed by atoms with Crippen molar-refractivity contribution in [2.24, 2.45) is 0 Å². The number of rotatable bonds is 30. The van der Waals surface area contributed by atoms with Gasteiger partial charge in [-0.1, -0.05) is 168 Å². The Balaban J connectivity index is 1.95. The van der Waals surface area contributed by atoms with Crippen LogP contribution < -0.4 is 5.32 Å². The third-order valence-corrected chi connectivity index (χ3v) is 8.43. The van der Waals surface area contributed by atoms with Crippen LogP contribution in [0.25, 0.3) is 0 Å². The Morgan fingerprint density at radius 3 is 1.21 bits per heavy atom. The Bertz CT molecular complexity index is 745. The van der Waals surface area contributed by atoms with E-state index in [0.717, 1.165) is 19.3 Å². The van der Waals surface area contributed by atoms with Gasteiger partial charge < -0.3 is 10.1 Å². The summed E-state index contributed by atoms with van der Waals surface area (Å²) >= 11 is 0. The largest absolute Gasteiger partial charge is 0.462 e. The van der Waals surface area contributed by atoms with E-state index in [1.807, 2.05) is 0 Å². The quantitative estimate of drug-likeness (QED) is 0.0721. The Labute approximate surface area is 260 Å². The molecule has 0 aliphatic carbocycles. The summed E-state index contributed by atoms with van der Waals surface area (Å²) in [4.78, 5) is 24.8. The van der Waals surface area contributed by atoms with Crippen LogP contribution in [-0.4, -0.2) is 25.0 Å². The standard InChI is InChI=1S/C38H67NO3/c1-3-5-7-9-11-13-15-16-17-18-19-20-21-23-25-27-33-39-37(40)35-29-31-36(32-30-35)38(41)42-34-28-26-24-22-14-12-10-8-6-4-2/h29-32H,3-28,33-34H2,1-2H3,(H,39,40). The fourth-order valence-corrected chi connectivity index (χ4v) is 5.57. The Morgan fingerprint density at radius 1 is 0.476 bits per heavy atom. The first-order chi connectivity index (χ1) is 20.7. The average Bonchev–Trinajstić information content (AvgIpc) is 3.01. The fourth-order valence-electron chi connectivity index (χ4n) is 5.57. The first-order valence-corrected chi connectivity index (χ1v) is 18.2. The molecular formula is C38H67NO3. The zero-order valence-electron chi connectivity index (χ0n) is 27.8. The van der Waals surface area contributed by atoms with Gasteiger partial charge >= 0.3 is 5.97 Å². The normalized spacial score (nSPS) is 11.1. The summed E-state index contributed by atoms with van der Waals surface area (Å²) in [6, 6.07) is 6.84. The number of esters is 1. The monoisotopic (exact) mass is 586 g/mol. The third-order valence-electron chi connectivity index (χ3n) is 8.43. The highest BCUT2D eigenvalue weighted by molar-refractivity contribution is 5.96. The molecule has 1 aromatic rings. The summed E-state index contributed by atoms with van der Waals surface area (Å²) in [5.74, 6) is -0.368. The maximum atomic E-state index is 12.4. The van der Waals surface area contributed by atoms with Gasteiger partial charge in [0.1, 0.15) is 0 Å². The number of hydrogen-bond acceptors (Lipinski definition) is 3. The highest BCUT2D eigenvalue weighted by atomic mass is 16.5. The predicted octanol–water partition coefficient (Wildman–Crippen LogP) is 11.8. The molecule has 4 heteroatoms. The Kier molecular flexibility index (Phi) is 26.6. The number of nitrogens with one attached hydrogen (secondary N) is 1. The van der Waals surface area contributed by atoms with Gasteiger partial charge in [0.15, 0.2) is 0 Å². The van der Waals surface area contributed by atoms with Gasteiger partial charge in [0, 0.05) is 12.1 Å². The lowest BCUT2D eigenvalue weighted by Gasteiger charge is -2.07. The van der Waals surface area contributed by atoms with Crippen LogP contribution in [0.4, 0.5) is 0 Å². The smallest absolute Gasteiger partial charge is 0.338 e. The minimum atomic E-state index is -0.300. The van der Waals surface area contributed by atoms with Crippen LogP contribution in [0.3, 0.4) is 0 Å². The zero-order valence-corrected chi connectivity index (χ0v) is 27.8. The second kappa shape index (κ2) is 29.2. The average molecular weight is 586 g/mol. The third kappa shape index (κ3) is 22.7. The van der Waals surface area contributed by atoms with Gasteiger partial charge in [-0.3, -0.25) is 4.79 Å². The molecule has 42 heavy (non-hydrogen) atoms. The van der Waals surface area contributed by atoms with Gasteiger partial charge in [0.2, 0.25) is 0 Å². The zero-order chi connectivity index (χ0) is 30.4.